The molecule has 3 heteroatoms. The third kappa shape index (κ3) is 4.23. The molecule has 3 nitrogen and oxygen atoms in total. The first-order valence-electron chi connectivity index (χ1n) is 8.07. The summed E-state index contributed by atoms with van der Waals surface area (Å²) in [6, 6.07) is 2.26. The molecule has 22 heavy (non-hydrogen) atoms. The van der Waals surface area contributed by atoms with Gasteiger partial charge in [-0.2, -0.15) is 0 Å². The SMILES string of the molecule is COc1c(C(C)(C)C)cc(CNCCO)c(C)c1C(C)(C)C. The lowest BCUT2D eigenvalue weighted by molar-refractivity contribution is 0.292. The zero-order chi connectivity index (χ0) is 17.1. The maximum atomic E-state index is 8.98. The summed E-state index contributed by atoms with van der Waals surface area (Å²) in [5, 5.41) is 12.3. The van der Waals surface area contributed by atoms with Gasteiger partial charge in [-0.1, -0.05) is 47.6 Å². The van der Waals surface area contributed by atoms with Crippen molar-refractivity contribution in [3.63, 3.8) is 0 Å². The lowest BCUT2D eigenvalue weighted by Gasteiger charge is -2.32. The van der Waals surface area contributed by atoms with Crippen molar-refractivity contribution in [2.75, 3.05) is 20.3 Å². The first-order chi connectivity index (χ1) is 10.0. The Morgan fingerprint density at radius 2 is 1.68 bits per heavy atom. The van der Waals surface area contributed by atoms with Gasteiger partial charge < -0.3 is 15.2 Å². The Bertz CT molecular complexity index is 508. The molecule has 1 aromatic rings. The second-order valence-corrected chi connectivity index (χ2v) is 8.02. The van der Waals surface area contributed by atoms with Crippen molar-refractivity contribution in [1.29, 1.82) is 0 Å². The second-order valence-electron chi connectivity index (χ2n) is 8.02. The minimum Gasteiger partial charge on any atom is -0.496 e. The minimum atomic E-state index is 0.0163. The molecule has 0 amide bonds. The van der Waals surface area contributed by atoms with Gasteiger partial charge in [-0.3, -0.25) is 0 Å². The Kier molecular flexibility index (Phi) is 6.05. The van der Waals surface area contributed by atoms with Crippen molar-refractivity contribution in [3.05, 3.63) is 28.3 Å². The number of benzene rings is 1. The normalized spacial score (nSPS) is 12.6. The summed E-state index contributed by atoms with van der Waals surface area (Å²) < 4.78 is 5.83. The number of ether oxygens (including phenoxy) is 1. The van der Waals surface area contributed by atoms with Crippen LogP contribution in [0.1, 0.15) is 63.8 Å². The van der Waals surface area contributed by atoms with E-state index in [2.05, 4.69) is 59.8 Å². The molecule has 0 aliphatic heterocycles. The summed E-state index contributed by atoms with van der Waals surface area (Å²) in [6.07, 6.45) is 0. The highest BCUT2D eigenvalue weighted by atomic mass is 16.5. The molecule has 1 rings (SSSR count). The fraction of sp³-hybridized carbons (Fsp3) is 0.684. The second kappa shape index (κ2) is 7.01. The number of nitrogens with one attached hydrogen (secondary N) is 1. The van der Waals surface area contributed by atoms with E-state index in [0.717, 1.165) is 12.3 Å². The highest BCUT2D eigenvalue weighted by Gasteiger charge is 2.29. The molecule has 0 atom stereocenters. The Morgan fingerprint density at radius 3 is 2.09 bits per heavy atom. The number of methoxy groups -OCH3 is 1. The van der Waals surface area contributed by atoms with Gasteiger partial charge >= 0.3 is 0 Å². The lowest BCUT2D eigenvalue weighted by atomic mass is 9.76. The van der Waals surface area contributed by atoms with Crippen LogP contribution in [0.5, 0.6) is 5.75 Å². The summed E-state index contributed by atoms with van der Waals surface area (Å²) in [5.41, 5.74) is 5.12. The zero-order valence-corrected chi connectivity index (χ0v) is 15.6. The predicted molar refractivity (Wildman–Crippen MR) is 93.9 cm³/mol. The molecular formula is C19H33NO2. The van der Waals surface area contributed by atoms with E-state index in [1.54, 1.807) is 7.11 Å². The summed E-state index contributed by atoms with van der Waals surface area (Å²) in [5.74, 6) is 1.02. The molecule has 0 aliphatic carbocycles. The smallest absolute Gasteiger partial charge is 0.126 e. The van der Waals surface area contributed by atoms with Gasteiger partial charge in [0.05, 0.1) is 13.7 Å². The lowest BCUT2D eigenvalue weighted by Crippen LogP contribution is -2.24. The topological polar surface area (TPSA) is 41.5 Å². The van der Waals surface area contributed by atoms with Crippen molar-refractivity contribution in [3.8, 4) is 5.75 Å². The highest BCUT2D eigenvalue weighted by Crippen LogP contribution is 2.42. The zero-order valence-electron chi connectivity index (χ0n) is 15.6. The van der Waals surface area contributed by atoms with Gasteiger partial charge in [-0.05, 0) is 28.9 Å². The van der Waals surface area contributed by atoms with Crippen LogP contribution in [0, 0.1) is 6.92 Å². The molecule has 1 aromatic carbocycles. The summed E-state index contributed by atoms with van der Waals surface area (Å²) in [4.78, 5) is 0. The molecule has 0 fully saturated rings. The monoisotopic (exact) mass is 307 g/mol. The van der Waals surface area contributed by atoms with Crippen LogP contribution in [-0.4, -0.2) is 25.4 Å². The molecule has 0 radical (unpaired) electrons. The molecule has 0 saturated heterocycles. The maximum absolute atomic E-state index is 8.98. The van der Waals surface area contributed by atoms with Crippen LogP contribution in [0.15, 0.2) is 6.07 Å². The molecule has 126 valence electrons. The van der Waals surface area contributed by atoms with E-state index in [1.165, 1.54) is 22.3 Å². The molecule has 0 unspecified atom stereocenters. The quantitative estimate of drug-likeness (QED) is 0.815. The number of aliphatic hydroxyl groups is 1. The van der Waals surface area contributed by atoms with Crippen molar-refractivity contribution in [1.82, 2.24) is 5.32 Å². The molecule has 0 heterocycles. The molecular weight excluding hydrogens is 274 g/mol. The molecule has 0 aromatic heterocycles. The van der Waals surface area contributed by atoms with Gasteiger partial charge in [0.25, 0.3) is 0 Å². The average Bonchev–Trinajstić information content (AvgIpc) is 2.37. The molecule has 2 N–H and O–H groups in total. The Morgan fingerprint density at radius 1 is 1.09 bits per heavy atom. The third-order valence-corrected chi connectivity index (χ3v) is 4.01. The first-order valence-corrected chi connectivity index (χ1v) is 8.07. The summed E-state index contributed by atoms with van der Waals surface area (Å²) >= 11 is 0. The highest BCUT2D eigenvalue weighted by molar-refractivity contribution is 5.55. The summed E-state index contributed by atoms with van der Waals surface area (Å²) in [6.45, 7) is 17.1. The van der Waals surface area contributed by atoms with Crippen LogP contribution < -0.4 is 10.1 Å². The van der Waals surface area contributed by atoms with Crippen LogP contribution in [-0.2, 0) is 17.4 Å². The van der Waals surface area contributed by atoms with Crippen molar-refractivity contribution >= 4 is 0 Å². The third-order valence-electron chi connectivity index (χ3n) is 4.01. The van der Waals surface area contributed by atoms with Gasteiger partial charge in [0.15, 0.2) is 0 Å². The van der Waals surface area contributed by atoms with Crippen LogP contribution in [0.4, 0.5) is 0 Å². The van der Waals surface area contributed by atoms with E-state index >= 15 is 0 Å². The van der Waals surface area contributed by atoms with Gasteiger partial charge in [0, 0.05) is 24.2 Å². The van der Waals surface area contributed by atoms with E-state index in [-0.39, 0.29) is 17.4 Å². The summed E-state index contributed by atoms with van der Waals surface area (Å²) in [7, 11) is 1.77. The van der Waals surface area contributed by atoms with E-state index < -0.39 is 0 Å². The van der Waals surface area contributed by atoms with E-state index in [0.29, 0.717) is 6.54 Å². The van der Waals surface area contributed by atoms with Crippen molar-refractivity contribution in [2.45, 2.75) is 65.8 Å². The van der Waals surface area contributed by atoms with Crippen LogP contribution in [0.25, 0.3) is 0 Å². The number of hydrogen-bond donors (Lipinski definition) is 2. The number of hydrogen-bond acceptors (Lipinski definition) is 3. The fourth-order valence-corrected chi connectivity index (χ4v) is 2.97. The van der Waals surface area contributed by atoms with Crippen molar-refractivity contribution < 1.29 is 9.84 Å². The largest absolute Gasteiger partial charge is 0.496 e. The van der Waals surface area contributed by atoms with Gasteiger partial charge in [-0.25, -0.2) is 0 Å². The van der Waals surface area contributed by atoms with Gasteiger partial charge in [0.2, 0.25) is 0 Å². The van der Waals surface area contributed by atoms with Crippen LogP contribution in [0.2, 0.25) is 0 Å². The number of rotatable bonds is 5. The van der Waals surface area contributed by atoms with E-state index in [1.807, 2.05) is 0 Å². The Balaban J connectivity index is 3.55. The van der Waals surface area contributed by atoms with Gasteiger partial charge in [-0.15, -0.1) is 0 Å². The maximum Gasteiger partial charge on any atom is 0.126 e. The predicted octanol–water partition coefficient (Wildman–Crippen LogP) is 3.68. The molecule has 0 aliphatic rings. The van der Waals surface area contributed by atoms with E-state index in [4.69, 9.17) is 9.84 Å². The Labute approximate surface area is 136 Å². The van der Waals surface area contributed by atoms with E-state index in [9.17, 15) is 0 Å². The molecule has 0 saturated carbocycles. The van der Waals surface area contributed by atoms with Crippen LogP contribution >= 0.6 is 0 Å². The number of aliphatic hydroxyl groups excluding tert-OH is 1. The van der Waals surface area contributed by atoms with Crippen molar-refractivity contribution in [2.24, 2.45) is 0 Å². The standard InChI is InChI=1S/C19H33NO2/c1-13-14(12-20-9-10-21)11-15(18(2,3)4)17(22-8)16(13)19(5,6)7/h11,20-21H,9-10,12H2,1-8H3. The molecule has 0 bridgehead atoms. The van der Waals surface area contributed by atoms with Gasteiger partial charge in [0.1, 0.15) is 5.75 Å². The average molecular weight is 307 g/mol. The Hall–Kier alpha value is -1.06. The first kappa shape index (κ1) is 19.0. The molecule has 0 spiro atoms. The van der Waals surface area contributed by atoms with Crippen LogP contribution in [0.3, 0.4) is 0 Å². The fourth-order valence-electron chi connectivity index (χ4n) is 2.97. The minimum absolute atomic E-state index is 0.0163.